The van der Waals surface area contributed by atoms with Crippen LogP contribution < -0.4 is 10.2 Å². The maximum absolute atomic E-state index is 13.5. The van der Waals surface area contributed by atoms with Crippen LogP contribution in [0.3, 0.4) is 0 Å². The number of hydrogen-bond donors (Lipinski definition) is 2. The van der Waals surface area contributed by atoms with Crippen molar-refractivity contribution < 1.29 is 9.50 Å². The summed E-state index contributed by atoms with van der Waals surface area (Å²) in [5, 5.41) is 12.7. The van der Waals surface area contributed by atoms with E-state index in [4.69, 9.17) is 0 Å². The van der Waals surface area contributed by atoms with E-state index in [9.17, 15) is 9.50 Å². The van der Waals surface area contributed by atoms with Gasteiger partial charge in [-0.3, -0.25) is 0 Å². The molecule has 0 spiro atoms. The van der Waals surface area contributed by atoms with Crippen molar-refractivity contribution in [3.8, 4) is 0 Å². The number of halogens is 1. The van der Waals surface area contributed by atoms with Gasteiger partial charge in [0, 0.05) is 30.4 Å². The lowest BCUT2D eigenvalue weighted by atomic mass is 9.95. The molecule has 1 atom stereocenters. The molecule has 0 aromatic heterocycles. The van der Waals surface area contributed by atoms with Gasteiger partial charge in [0.2, 0.25) is 0 Å². The third-order valence-corrected chi connectivity index (χ3v) is 3.86. The van der Waals surface area contributed by atoms with Crippen LogP contribution in [0.4, 0.5) is 10.1 Å². The van der Waals surface area contributed by atoms with Crippen LogP contribution in [0.2, 0.25) is 0 Å². The zero-order valence-electron chi connectivity index (χ0n) is 11.7. The molecule has 1 saturated heterocycles. The van der Waals surface area contributed by atoms with Gasteiger partial charge in [0.1, 0.15) is 5.82 Å². The first-order chi connectivity index (χ1) is 9.04. The maximum Gasteiger partial charge on any atom is 0.125 e. The molecule has 1 unspecified atom stereocenters. The molecule has 1 aliphatic heterocycles. The summed E-state index contributed by atoms with van der Waals surface area (Å²) in [6, 6.07) is 6.92. The zero-order chi connectivity index (χ0) is 13.9. The number of rotatable bonds is 3. The summed E-state index contributed by atoms with van der Waals surface area (Å²) in [7, 11) is 0. The quantitative estimate of drug-likeness (QED) is 0.880. The molecule has 0 saturated carbocycles. The minimum Gasteiger partial charge on any atom is -0.396 e. The molecule has 1 heterocycles. The first kappa shape index (κ1) is 14.3. The Labute approximate surface area is 114 Å². The highest BCUT2D eigenvalue weighted by molar-refractivity contribution is 5.50. The van der Waals surface area contributed by atoms with Crippen LogP contribution in [0.1, 0.15) is 26.7 Å². The Hall–Kier alpha value is -1.13. The molecular weight excluding hydrogens is 243 g/mol. The van der Waals surface area contributed by atoms with E-state index in [1.807, 2.05) is 6.07 Å². The normalized spacial score (nSPS) is 23.2. The molecule has 4 heteroatoms. The number of aliphatic hydroxyl groups is 1. The minimum atomic E-state index is -0.215. The Balaban J connectivity index is 2.37. The summed E-state index contributed by atoms with van der Waals surface area (Å²) < 4.78 is 13.5. The molecule has 2 rings (SSSR count). The lowest BCUT2D eigenvalue weighted by molar-refractivity contribution is 0.265. The molecule has 1 aromatic rings. The van der Waals surface area contributed by atoms with Crippen molar-refractivity contribution in [2.24, 2.45) is 0 Å². The Morgan fingerprint density at radius 3 is 2.95 bits per heavy atom. The first-order valence-corrected chi connectivity index (χ1v) is 6.91. The van der Waals surface area contributed by atoms with Crippen molar-refractivity contribution in [3.63, 3.8) is 0 Å². The number of hydrogen-bond acceptors (Lipinski definition) is 3. The summed E-state index contributed by atoms with van der Waals surface area (Å²) in [6.07, 6.45) is 1.68. The van der Waals surface area contributed by atoms with E-state index >= 15 is 0 Å². The monoisotopic (exact) mass is 266 g/mol. The zero-order valence-corrected chi connectivity index (χ0v) is 11.7. The van der Waals surface area contributed by atoms with E-state index in [0.29, 0.717) is 6.42 Å². The second-order valence-corrected chi connectivity index (χ2v) is 5.78. The van der Waals surface area contributed by atoms with Gasteiger partial charge in [-0.05, 0) is 51.4 Å². The lowest BCUT2D eigenvalue weighted by Gasteiger charge is -2.44. The second kappa shape index (κ2) is 5.88. The van der Waals surface area contributed by atoms with Crippen molar-refractivity contribution >= 4 is 5.69 Å². The molecule has 0 aliphatic carbocycles. The van der Waals surface area contributed by atoms with Crippen LogP contribution in [0, 0.1) is 5.82 Å². The van der Waals surface area contributed by atoms with Gasteiger partial charge >= 0.3 is 0 Å². The fraction of sp³-hybridized carbons (Fsp3) is 0.600. The molecule has 0 amide bonds. The Morgan fingerprint density at radius 1 is 1.47 bits per heavy atom. The van der Waals surface area contributed by atoms with Crippen LogP contribution in [-0.2, 0) is 0 Å². The summed E-state index contributed by atoms with van der Waals surface area (Å²) in [6.45, 7) is 6.26. The lowest BCUT2D eigenvalue weighted by Crippen LogP contribution is -2.51. The van der Waals surface area contributed by atoms with Crippen molar-refractivity contribution in [2.45, 2.75) is 38.3 Å². The number of nitrogens with zero attached hydrogens (tertiary/aromatic N) is 1. The largest absolute Gasteiger partial charge is 0.396 e. The molecule has 2 N–H and O–H groups in total. The molecular formula is C15H23FN2O. The van der Waals surface area contributed by atoms with Crippen molar-refractivity contribution in [2.75, 3.05) is 24.6 Å². The average molecular weight is 266 g/mol. The van der Waals surface area contributed by atoms with E-state index in [1.54, 1.807) is 12.1 Å². The molecule has 106 valence electrons. The van der Waals surface area contributed by atoms with E-state index in [1.165, 1.54) is 6.07 Å². The molecule has 3 nitrogen and oxygen atoms in total. The van der Waals surface area contributed by atoms with Crippen LogP contribution in [0.5, 0.6) is 0 Å². The first-order valence-electron chi connectivity index (χ1n) is 6.91. The van der Waals surface area contributed by atoms with E-state index in [0.717, 1.165) is 25.2 Å². The fourth-order valence-corrected chi connectivity index (χ4v) is 2.94. The summed E-state index contributed by atoms with van der Waals surface area (Å²) >= 11 is 0. The van der Waals surface area contributed by atoms with Gasteiger partial charge in [-0.2, -0.15) is 0 Å². The van der Waals surface area contributed by atoms with Gasteiger partial charge < -0.3 is 15.3 Å². The molecule has 1 fully saturated rings. The van der Waals surface area contributed by atoms with E-state index in [-0.39, 0.29) is 24.0 Å². The van der Waals surface area contributed by atoms with Crippen molar-refractivity contribution in [3.05, 3.63) is 30.1 Å². The van der Waals surface area contributed by atoms with E-state index in [2.05, 4.69) is 24.1 Å². The predicted octanol–water partition coefficient (Wildman–Crippen LogP) is 2.16. The van der Waals surface area contributed by atoms with Crippen LogP contribution >= 0.6 is 0 Å². The number of benzene rings is 1. The number of anilines is 1. The topological polar surface area (TPSA) is 35.5 Å². The fourth-order valence-electron chi connectivity index (χ4n) is 2.94. The number of aliphatic hydroxyl groups excluding tert-OH is 1. The molecule has 0 radical (unpaired) electrons. The third kappa shape index (κ3) is 3.25. The molecule has 0 bridgehead atoms. The Kier molecular flexibility index (Phi) is 4.42. The predicted molar refractivity (Wildman–Crippen MR) is 75.9 cm³/mol. The minimum absolute atomic E-state index is 0.0584. The Bertz CT molecular complexity index is 422. The van der Waals surface area contributed by atoms with Gasteiger partial charge in [0.25, 0.3) is 0 Å². The Morgan fingerprint density at radius 2 is 2.26 bits per heavy atom. The van der Waals surface area contributed by atoms with Gasteiger partial charge in [-0.1, -0.05) is 6.07 Å². The van der Waals surface area contributed by atoms with Gasteiger partial charge in [-0.25, -0.2) is 4.39 Å². The van der Waals surface area contributed by atoms with Gasteiger partial charge in [0.15, 0.2) is 0 Å². The van der Waals surface area contributed by atoms with Crippen LogP contribution in [-0.4, -0.2) is 36.4 Å². The third-order valence-electron chi connectivity index (χ3n) is 3.86. The van der Waals surface area contributed by atoms with Crippen molar-refractivity contribution in [1.82, 2.24) is 5.32 Å². The highest BCUT2D eigenvalue weighted by Crippen LogP contribution is 2.31. The second-order valence-electron chi connectivity index (χ2n) is 5.78. The smallest absolute Gasteiger partial charge is 0.125 e. The van der Waals surface area contributed by atoms with Gasteiger partial charge in [-0.15, -0.1) is 0 Å². The van der Waals surface area contributed by atoms with Gasteiger partial charge in [0.05, 0.1) is 0 Å². The van der Waals surface area contributed by atoms with Crippen LogP contribution in [0.25, 0.3) is 0 Å². The standard InChI is InChI=1S/C15H23FN2O/c1-15(2)7-8-17-11-14(6-9-19)18(15)13-5-3-4-12(16)10-13/h3-5,10,14,17,19H,6-9,11H2,1-2H3. The molecule has 19 heavy (non-hydrogen) atoms. The van der Waals surface area contributed by atoms with Crippen LogP contribution in [0.15, 0.2) is 24.3 Å². The SMILES string of the molecule is CC1(C)CCNCC(CCO)N1c1cccc(F)c1. The molecule has 1 aromatic carbocycles. The number of nitrogens with one attached hydrogen (secondary N) is 1. The summed E-state index contributed by atoms with van der Waals surface area (Å²) in [5.74, 6) is -0.215. The van der Waals surface area contributed by atoms with E-state index < -0.39 is 0 Å². The van der Waals surface area contributed by atoms with Crippen molar-refractivity contribution in [1.29, 1.82) is 0 Å². The summed E-state index contributed by atoms with van der Waals surface area (Å²) in [4.78, 5) is 2.26. The highest BCUT2D eigenvalue weighted by Gasteiger charge is 2.34. The highest BCUT2D eigenvalue weighted by atomic mass is 19.1. The molecule has 1 aliphatic rings. The maximum atomic E-state index is 13.5. The average Bonchev–Trinajstić information content (AvgIpc) is 2.48. The summed E-state index contributed by atoms with van der Waals surface area (Å²) in [5.41, 5.74) is 0.837.